The topological polar surface area (TPSA) is 35.2 Å². The standard InChI is InChI=1S/C16H18ClNO/c1-3-19-15-11-7-5-9-13(15)16(2,18)12-8-4-6-10-14(12)17/h4-11H,3,18H2,1-2H3. The van der Waals surface area contributed by atoms with E-state index in [1.165, 1.54) is 0 Å². The Kier molecular flexibility index (Phi) is 4.13. The summed E-state index contributed by atoms with van der Waals surface area (Å²) < 4.78 is 5.66. The lowest BCUT2D eigenvalue weighted by molar-refractivity contribution is 0.330. The summed E-state index contributed by atoms with van der Waals surface area (Å²) in [5, 5.41) is 0.666. The third-order valence-corrected chi connectivity index (χ3v) is 3.51. The Morgan fingerprint density at radius 2 is 1.63 bits per heavy atom. The van der Waals surface area contributed by atoms with Gasteiger partial charge in [-0.15, -0.1) is 0 Å². The molecular formula is C16H18ClNO. The molecule has 2 N–H and O–H groups in total. The van der Waals surface area contributed by atoms with E-state index in [0.717, 1.165) is 16.9 Å². The minimum Gasteiger partial charge on any atom is -0.494 e. The van der Waals surface area contributed by atoms with Crippen LogP contribution in [0.25, 0.3) is 0 Å². The maximum atomic E-state index is 6.53. The summed E-state index contributed by atoms with van der Waals surface area (Å²) in [5.74, 6) is 0.801. The highest BCUT2D eigenvalue weighted by molar-refractivity contribution is 6.31. The van der Waals surface area contributed by atoms with E-state index < -0.39 is 5.54 Å². The van der Waals surface area contributed by atoms with Gasteiger partial charge in [-0.1, -0.05) is 48.0 Å². The summed E-state index contributed by atoms with van der Waals surface area (Å²) in [4.78, 5) is 0. The Labute approximate surface area is 119 Å². The van der Waals surface area contributed by atoms with Crippen molar-refractivity contribution in [3.05, 3.63) is 64.7 Å². The lowest BCUT2D eigenvalue weighted by Gasteiger charge is -2.28. The van der Waals surface area contributed by atoms with E-state index in [1.54, 1.807) is 0 Å². The van der Waals surface area contributed by atoms with Crippen LogP contribution in [-0.2, 0) is 5.54 Å². The first-order valence-electron chi connectivity index (χ1n) is 6.33. The first-order valence-corrected chi connectivity index (χ1v) is 6.71. The largest absolute Gasteiger partial charge is 0.494 e. The minimum absolute atomic E-state index is 0.607. The van der Waals surface area contributed by atoms with Gasteiger partial charge in [0, 0.05) is 10.6 Å². The van der Waals surface area contributed by atoms with E-state index in [1.807, 2.05) is 62.4 Å². The highest BCUT2D eigenvalue weighted by atomic mass is 35.5. The zero-order valence-corrected chi connectivity index (χ0v) is 11.9. The van der Waals surface area contributed by atoms with E-state index in [9.17, 15) is 0 Å². The van der Waals surface area contributed by atoms with E-state index >= 15 is 0 Å². The molecule has 0 saturated heterocycles. The predicted molar refractivity (Wildman–Crippen MR) is 79.7 cm³/mol. The van der Waals surface area contributed by atoms with E-state index in [-0.39, 0.29) is 0 Å². The van der Waals surface area contributed by atoms with Crippen molar-refractivity contribution >= 4 is 11.6 Å². The van der Waals surface area contributed by atoms with E-state index in [0.29, 0.717) is 11.6 Å². The van der Waals surface area contributed by atoms with Crippen LogP contribution in [0.2, 0.25) is 5.02 Å². The summed E-state index contributed by atoms with van der Waals surface area (Å²) >= 11 is 6.27. The van der Waals surface area contributed by atoms with Crippen molar-refractivity contribution in [3.63, 3.8) is 0 Å². The molecule has 2 rings (SSSR count). The minimum atomic E-state index is -0.690. The van der Waals surface area contributed by atoms with Crippen LogP contribution in [0.5, 0.6) is 5.75 Å². The summed E-state index contributed by atoms with van der Waals surface area (Å²) in [6.45, 7) is 4.52. The number of hydrogen-bond donors (Lipinski definition) is 1. The molecule has 0 aliphatic rings. The fourth-order valence-corrected chi connectivity index (χ4v) is 2.54. The van der Waals surface area contributed by atoms with Gasteiger partial charge >= 0.3 is 0 Å². The number of hydrogen-bond acceptors (Lipinski definition) is 2. The molecule has 0 saturated carbocycles. The lowest BCUT2D eigenvalue weighted by Crippen LogP contribution is -2.35. The molecule has 1 unspecified atom stereocenters. The second-order valence-corrected chi connectivity index (χ2v) is 5.02. The summed E-state index contributed by atoms with van der Waals surface area (Å²) in [6.07, 6.45) is 0. The monoisotopic (exact) mass is 275 g/mol. The van der Waals surface area contributed by atoms with Crippen LogP contribution >= 0.6 is 11.6 Å². The number of ether oxygens (including phenoxy) is 1. The number of benzene rings is 2. The second-order valence-electron chi connectivity index (χ2n) is 4.61. The van der Waals surface area contributed by atoms with Crippen molar-refractivity contribution in [2.24, 2.45) is 5.73 Å². The van der Waals surface area contributed by atoms with Gasteiger partial charge in [0.05, 0.1) is 12.1 Å². The van der Waals surface area contributed by atoms with Crippen molar-refractivity contribution in [2.75, 3.05) is 6.61 Å². The normalized spacial score (nSPS) is 13.9. The Balaban J connectivity index is 2.53. The summed E-state index contributed by atoms with van der Waals surface area (Å²) in [6, 6.07) is 15.5. The fraction of sp³-hybridized carbons (Fsp3) is 0.250. The first kappa shape index (κ1) is 13.9. The van der Waals surface area contributed by atoms with Crippen molar-refractivity contribution < 1.29 is 4.74 Å². The summed E-state index contributed by atoms with van der Waals surface area (Å²) in [5.41, 5.74) is 7.66. The molecule has 0 radical (unpaired) electrons. The molecule has 3 heteroatoms. The van der Waals surface area contributed by atoms with Crippen LogP contribution in [0.4, 0.5) is 0 Å². The summed E-state index contributed by atoms with van der Waals surface area (Å²) in [7, 11) is 0. The van der Waals surface area contributed by atoms with Gasteiger partial charge < -0.3 is 10.5 Å². The third kappa shape index (κ3) is 2.75. The molecule has 0 fully saturated rings. The van der Waals surface area contributed by atoms with Crippen LogP contribution in [0.1, 0.15) is 25.0 Å². The quantitative estimate of drug-likeness (QED) is 0.917. The highest BCUT2D eigenvalue weighted by Gasteiger charge is 2.28. The van der Waals surface area contributed by atoms with Crippen LogP contribution in [0.3, 0.4) is 0 Å². The van der Waals surface area contributed by atoms with E-state index in [4.69, 9.17) is 22.1 Å². The Morgan fingerprint density at radius 3 is 2.26 bits per heavy atom. The molecule has 2 aromatic rings. The molecule has 19 heavy (non-hydrogen) atoms. The molecule has 0 amide bonds. The molecular weight excluding hydrogens is 258 g/mol. The van der Waals surface area contributed by atoms with Gasteiger partial charge in [0.25, 0.3) is 0 Å². The van der Waals surface area contributed by atoms with Gasteiger partial charge in [-0.25, -0.2) is 0 Å². The molecule has 2 nitrogen and oxygen atoms in total. The molecule has 0 heterocycles. The van der Waals surface area contributed by atoms with Gasteiger partial charge in [0.15, 0.2) is 0 Å². The van der Waals surface area contributed by atoms with Crippen molar-refractivity contribution in [2.45, 2.75) is 19.4 Å². The number of para-hydroxylation sites is 1. The number of halogens is 1. The SMILES string of the molecule is CCOc1ccccc1C(C)(N)c1ccccc1Cl. The molecule has 0 aliphatic heterocycles. The maximum absolute atomic E-state index is 6.53. The zero-order chi connectivity index (χ0) is 13.9. The van der Waals surface area contributed by atoms with Gasteiger partial charge in [0.1, 0.15) is 5.75 Å². The Morgan fingerprint density at radius 1 is 1.05 bits per heavy atom. The number of nitrogens with two attached hydrogens (primary N) is 1. The van der Waals surface area contributed by atoms with Gasteiger partial charge in [-0.05, 0) is 31.5 Å². The second kappa shape index (κ2) is 5.64. The van der Waals surface area contributed by atoms with E-state index in [2.05, 4.69) is 0 Å². The Bertz CT molecular complexity index is 566. The van der Waals surface area contributed by atoms with Crippen molar-refractivity contribution in [1.29, 1.82) is 0 Å². The van der Waals surface area contributed by atoms with Gasteiger partial charge in [0.2, 0.25) is 0 Å². The molecule has 100 valence electrons. The number of rotatable bonds is 4. The van der Waals surface area contributed by atoms with Crippen LogP contribution < -0.4 is 10.5 Å². The van der Waals surface area contributed by atoms with Crippen LogP contribution in [-0.4, -0.2) is 6.61 Å². The first-order chi connectivity index (χ1) is 9.07. The molecule has 0 aliphatic carbocycles. The average Bonchev–Trinajstić information content (AvgIpc) is 2.40. The molecule has 0 spiro atoms. The molecule has 0 aromatic heterocycles. The fourth-order valence-electron chi connectivity index (χ4n) is 2.20. The van der Waals surface area contributed by atoms with Gasteiger partial charge in [-0.2, -0.15) is 0 Å². The lowest BCUT2D eigenvalue weighted by atomic mass is 9.85. The molecule has 0 bridgehead atoms. The smallest absolute Gasteiger partial charge is 0.124 e. The molecule has 1 atom stereocenters. The van der Waals surface area contributed by atoms with Crippen molar-refractivity contribution in [1.82, 2.24) is 0 Å². The van der Waals surface area contributed by atoms with Crippen molar-refractivity contribution in [3.8, 4) is 5.75 Å². The average molecular weight is 276 g/mol. The maximum Gasteiger partial charge on any atom is 0.124 e. The third-order valence-electron chi connectivity index (χ3n) is 3.18. The van der Waals surface area contributed by atoms with Crippen LogP contribution in [0.15, 0.2) is 48.5 Å². The molecule has 2 aromatic carbocycles. The predicted octanol–water partition coefficient (Wildman–Crippen LogP) is 3.96. The Hall–Kier alpha value is -1.51. The zero-order valence-electron chi connectivity index (χ0n) is 11.2. The van der Waals surface area contributed by atoms with Crippen LogP contribution in [0, 0.1) is 0 Å². The highest BCUT2D eigenvalue weighted by Crippen LogP contribution is 2.36. The van der Waals surface area contributed by atoms with Gasteiger partial charge in [-0.3, -0.25) is 0 Å².